The van der Waals surface area contributed by atoms with Gasteiger partial charge in [0, 0.05) is 28.3 Å². The lowest BCUT2D eigenvalue weighted by atomic mass is 9.88. The second-order valence-electron chi connectivity index (χ2n) is 6.78. The Hall–Kier alpha value is -2.53. The Morgan fingerprint density at radius 1 is 1.29 bits per heavy atom. The van der Waals surface area contributed by atoms with E-state index in [4.69, 9.17) is 9.47 Å². The molecule has 124 valence electrons. The predicted octanol–water partition coefficient (Wildman–Crippen LogP) is 3.18. The topological polar surface area (TPSA) is 71.6 Å². The molecule has 1 atom stereocenters. The quantitative estimate of drug-likeness (QED) is 0.710. The molecule has 0 saturated carbocycles. The van der Waals surface area contributed by atoms with Crippen molar-refractivity contribution >= 4 is 27.8 Å². The van der Waals surface area contributed by atoms with Crippen molar-refractivity contribution < 1.29 is 19.4 Å². The van der Waals surface area contributed by atoms with E-state index in [-0.39, 0.29) is 0 Å². The maximum atomic E-state index is 12.5. The lowest BCUT2D eigenvalue weighted by Crippen LogP contribution is -2.44. The number of benzene rings is 2. The van der Waals surface area contributed by atoms with Crippen LogP contribution in [0, 0.1) is 0 Å². The number of cyclic esters (lactones) is 1. The van der Waals surface area contributed by atoms with Crippen molar-refractivity contribution in [2.24, 2.45) is 0 Å². The summed E-state index contributed by atoms with van der Waals surface area (Å²) in [5.74, 6) is 0.221. The monoisotopic (exact) mass is 325 g/mol. The molecule has 2 heterocycles. The molecule has 1 aromatic heterocycles. The second kappa shape index (κ2) is 4.98. The molecule has 0 radical (unpaired) electrons. The van der Waals surface area contributed by atoms with Crippen LogP contribution in [0.5, 0.6) is 5.75 Å². The third-order valence-corrected chi connectivity index (χ3v) is 4.71. The van der Waals surface area contributed by atoms with E-state index in [1.54, 1.807) is 21.0 Å². The number of hydrogen-bond donors (Lipinski definition) is 2. The summed E-state index contributed by atoms with van der Waals surface area (Å²) in [4.78, 5) is 15.9. The summed E-state index contributed by atoms with van der Waals surface area (Å²) in [7, 11) is 1.60. The number of ether oxygens (including phenoxy) is 2. The molecule has 5 nitrogen and oxygen atoms in total. The number of methoxy groups -OCH3 is 1. The molecule has 5 heteroatoms. The number of hydrogen-bond acceptors (Lipinski definition) is 4. The lowest BCUT2D eigenvalue weighted by Gasteiger charge is -2.33. The average molecular weight is 325 g/mol. The number of carbonyl (C=O) groups is 1. The minimum atomic E-state index is -1.12. The molecule has 1 aliphatic rings. The van der Waals surface area contributed by atoms with Gasteiger partial charge in [-0.2, -0.15) is 0 Å². The predicted molar refractivity (Wildman–Crippen MR) is 91.6 cm³/mol. The van der Waals surface area contributed by atoms with Crippen LogP contribution in [0.4, 0.5) is 0 Å². The molecule has 3 aromatic rings. The van der Waals surface area contributed by atoms with Crippen molar-refractivity contribution in [2.75, 3.05) is 7.11 Å². The molecule has 2 N–H and O–H groups in total. The van der Waals surface area contributed by atoms with Gasteiger partial charge in [0.2, 0.25) is 0 Å². The first-order valence-electron chi connectivity index (χ1n) is 7.94. The molecule has 4 rings (SSSR count). The van der Waals surface area contributed by atoms with Gasteiger partial charge < -0.3 is 19.6 Å². The van der Waals surface area contributed by atoms with Gasteiger partial charge in [0.1, 0.15) is 11.9 Å². The van der Waals surface area contributed by atoms with Crippen molar-refractivity contribution in [1.29, 1.82) is 0 Å². The summed E-state index contributed by atoms with van der Waals surface area (Å²) in [5, 5.41) is 12.2. The molecule has 2 aromatic carbocycles. The maximum Gasteiger partial charge on any atom is 0.338 e. The Kier molecular flexibility index (Phi) is 3.12. The van der Waals surface area contributed by atoms with Crippen LogP contribution in [0.1, 0.15) is 29.8 Å². The molecule has 0 aliphatic carbocycles. The summed E-state index contributed by atoms with van der Waals surface area (Å²) in [6, 6.07) is 9.78. The zero-order chi connectivity index (χ0) is 17.1. The first kappa shape index (κ1) is 15.0. The van der Waals surface area contributed by atoms with E-state index in [0.29, 0.717) is 17.7 Å². The zero-order valence-electron chi connectivity index (χ0n) is 13.8. The minimum absolute atomic E-state index is 0.416. The second-order valence-corrected chi connectivity index (χ2v) is 6.78. The van der Waals surface area contributed by atoms with Crippen molar-refractivity contribution in [3.05, 3.63) is 41.5 Å². The van der Waals surface area contributed by atoms with Gasteiger partial charge in [-0.15, -0.1) is 0 Å². The van der Waals surface area contributed by atoms with Crippen molar-refractivity contribution in [3.8, 4) is 5.75 Å². The van der Waals surface area contributed by atoms with E-state index in [2.05, 4.69) is 4.98 Å². The SMILES string of the molecule is COc1c2c(cc3c1[nH]c1ccccc13)C(=O)O[C@@H](C(C)(C)O)C2. The van der Waals surface area contributed by atoms with Crippen molar-refractivity contribution in [1.82, 2.24) is 4.98 Å². The molecule has 0 unspecified atom stereocenters. The van der Waals surface area contributed by atoms with E-state index >= 15 is 0 Å². The molecule has 0 fully saturated rings. The Balaban J connectivity index is 2.02. The number of nitrogens with one attached hydrogen (secondary N) is 1. The normalized spacial score (nSPS) is 17.8. The highest BCUT2D eigenvalue weighted by atomic mass is 16.6. The molecule has 0 bridgehead atoms. The van der Waals surface area contributed by atoms with Gasteiger partial charge in [0.15, 0.2) is 0 Å². The van der Waals surface area contributed by atoms with Crippen LogP contribution >= 0.6 is 0 Å². The zero-order valence-corrected chi connectivity index (χ0v) is 13.8. The Labute approximate surface area is 139 Å². The fourth-order valence-corrected chi connectivity index (χ4v) is 3.42. The van der Waals surface area contributed by atoms with Crippen molar-refractivity contribution in [3.63, 3.8) is 0 Å². The van der Waals surface area contributed by atoms with Crippen LogP contribution in [0.3, 0.4) is 0 Å². The van der Waals surface area contributed by atoms with E-state index in [0.717, 1.165) is 27.4 Å². The van der Waals surface area contributed by atoms with Gasteiger partial charge in [-0.3, -0.25) is 0 Å². The number of fused-ring (bicyclic) bond motifs is 4. The maximum absolute atomic E-state index is 12.5. The highest BCUT2D eigenvalue weighted by Gasteiger charge is 2.38. The van der Waals surface area contributed by atoms with E-state index in [1.807, 2.05) is 30.3 Å². The number of H-pyrrole nitrogens is 1. The van der Waals surface area contributed by atoms with Crippen LogP contribution in [0.15, 0.2) is 30.3 Å². The number of carbonyl (C=O) groups excluding carboxylic acids is 1. The highest BCUT2D eigenvalue weighted by molar-refractivity contribution is 6.12. The fourth-order valence-electron chi connectivity index (χ4n) is 3.42. The Morgan fingerprint density at radius 3 is 2.75 bits per heavy atom. The first-order chi connectivity index (χ1) is 11.4. The third-order valence-electron chi connectivity index (χ3n) is 4.71. The minimum Gasteiger partial charge on any atom is -0.494 e. The third kappa shape index (κ3) is 2.08. The highest BCUT2D eigenvalue weighted by Crippen LogP contribution is 2.40. The average Bonchev–Trinajstić information content (AvgIpc) is 2.90. The summed E-state index contributed by atoms with van der Waals surface area (Å²) >= 11 is 0. The molecular weight excluding hydrogens is 306 g/mol. The van der Waals surface area contributed by atoms with Gasteiger partial charge >= 0.3 is 5.97 Å². The summed E-state index contributed by atoms with van der Waals surface area (Å²) in [6.07, 6.45) is -0.188. The largest absolute Gasteiger partial charge is 0.494 e. The van der Waals surface area contributed by atoms with E-state index in [9.17, 15) is 9.90 Å². The molecule has 1 aliphatic heterocycles. The van der Waals surface area contributed by atoms with E-state index < -0.39 is 17.7 Å². The number of aliphatic hydroxyl groups is 1. The smallest absolute Gasteiger partial charge is 0.338 e. The van der Waals surface area contributed by atoms with Crippen molar-refractivity contribution in [2.45, 2.75) is 32.0 Å². The van der Waals surface area contributed by atoms with Crippen LogP contribution in [-0.2, 0) is 11.2 Å². The lowest BCUT2D eigenvalue weighted by molar-refractivity contribution is -0.0677. The number of para-hydroxylation sites is 1. The number of aromatic nitrogens is 1. The Morgan fingerprint density at radius 2 is 2.04 bits per heavy atom. The molecule has 0 amide bonds. The van der Waals surface area contributed by atoms with Gasteiger partial charge in [0.05, 0.1) is 23.8 Å². The van der Waals surface area contributed by atoms with Gasteiger partial charge in [-0.1, -0.05) is 18.2 Å². The van der Waals surface area contributed by atoms with Gasteiger partial charge in [-0.05, 0) is 26.0 Å². The van der Waals surface area contributed by atoms with E-state index in [1.165, 1.54) is 0 Å². The summed E-state index contributed by atoms with van der Waals surface area (Å²) in [6.45, 7) is 3.29. The molecule has 0 spiro atoms. The van der Waals surface area contributed by atoms with Crippen LogP contribution in [0.25, 0.3) is 21.8 Å². The van der Waals surface area contributed by atoms with Gasteiger partial charge in [-0.25, -0.2) is 4.79 Å². The first-order valence-corrected chi connectivity index (χ1v) is 7.94. The molecular formula is C19H19NO4. The number of esters is 1. The number of rotatable bonds is 2. The summed E-state index contributed by atoms with van der Waals surface area (Å²) < 4.78 is 11.1. The fraction of sp³-hybridized carbons (Fsp3) is 0.316. The summed E-state index contributed by atoms with van der Waals surface area (Å²) in [5.41, 5.74) is 2.01. The van der Waals surface area contributed by atoms with Crippen LogP contribution < -0.4 is 4.74 Å². The standard InChI is InChI=1S/C19H19NO4/c1-19(2,22)15-9-12-13(18(21)24-15)8-11-10-6-4-5-7-14(10)20-16(11)17(12)23-3/h4-8,15,20,22H,9H2,1-3H3/t15-/m1/s1. The molecule has 24 heavy (non-hydrogen) atoms. The Bertz CT molecular complexity index is 965. The van der Waals surface area contributed by atoms with Crippen LogP contribution in [-0.4, -0.2) is 34.9 Å². The van der Waals surface area contributed by atoms with Gasteiger partial charge in [0.25, 0.3) is 0 Å². The number of aromatic amines is 1. The van der Waals surface area contributed by atoms with Crippen LogP contribution in [0.2, 0.25) is 0 Å². The molecule has 0 saturated heterocycles.